The zero-order chi connectivity index (χ0) is 13.1. The summed E-state index contributed by atoms with van der Waals surface area (Å²) in [5.41, 5.74) is 0.427. The van der Waals surface area contributed by atoms with Crippen LogP contribution in [0, 0.1) is 5.82 Å². The Kier molecular flexibility index (Phi) is 3.66. The highest BCUT2D eigenvalue weighted by atomic mass is 32.1. The van der Waals surface area contributed by atoms with Crippen LogP contribution in [-0.4, -0.2) is 16.1 Å². The Morgan fingerprint density at radius 1 is 1.39 bits per heavy atom. The number of hydrogen-bond acceptors (Lipinski definition) is 4. The molecule has 0 spiro atoms. The number of carbonyl (C=O) groups excluding carboxylic acids is 1. The molecule has 6 heteroatoms. The lowest BCUT2D eigenvalue weighted by Crippen LogP contribution is -2.23. The molecular formula is C12H12FN3OS. The fourth-order valence-electron chi connectivity index (χ4n) is 1.52. The van der Waals surface area contributed by atoms with Gasteiger partial charge < -0.3 is 5.32 Å². The van der Waals surface area contributed by atoms with E-state index in [2.05, 4.69) is 15.5 Å². The van der Waals surface area contributed by atoms with E-state index in [0.717, 1.165) is 0 Å². The average Bonchev–Trinajstić information content (AvgIpc) is 2.78. The van der Waals surface area contributed by atoms with Crippen molar-refractivity contribution < 1.29 is 9.18 Å². The van der Waals surface area contributed by atoms with Crippen molar-refractivity contribution in [1.82, 2.24) is 15.5 Å². The lowest BCUT2D eigenvalue weighted by Gasteiger charge is -2.07. The minimum Gasteiger partial charge on any atom is -0.347 e. The molecule has 1 aromatic carbocycles. The van der Waals surface area contributed by atoms with Crippen LogP contribution in [0.25, 0.3) is 10.6 Å². The lowest BCUT2D eigenvalue weighted by molar-refractivity contribution is -0.119. The molecule has 0 fully saturated rings. The Balaban J connectivity index is 2.26. The van der Waals surface area contributed by atoms with E-state index in [4.69, 9.17) is 0 Å². The Labute approximate surface area is 108 Å². The van der Waals surface area contributed by atoms with Crippen molar-refractivity contribution in [2.45, 2.75) is 19.9 Å². The molecule has 0 aliphatic carbocycles. The van der Waals surface area contributed by atoms with Gasteiger partial charge in [-0.15, -0.1) is 10.2 Å². The van der Waals surface area contributed by atoms with E-state index < -0.39 is 0 Å². The van der Waals surface area contributed by atoms with Gasteiger partial charge in [-0.3, -0.25) is 4.79 Å². The fraction of sp³-hybridized carbons (Fsp3) is 0.250. The van der Waals surface area contributed by atoms with Gasteiger partial charge in [-0.2, -0.15) is 0 Å². The van der Waals surface area contributed by atoms with Crippen LogP contribution < -0.4 is 5.32 Å². The number of rotatable bonds is 3. The number of aromatic nitrogens is 2. The first-order chi connectivity index (χ1) is 8.58. The van der Waals surface area contributed by atoms with Crippen molar-refractivity contribution >= 4 is 17.2 Å². The molecule has 0 radical (unpaired) electrons. The number of hydrogen-bond donors (Lipinski definition) is 1. The standard InChI is InChI=1S/C12H12FN3OS/c1-7(14-8(2)17)11-15-16-12(18-11)9-5-3-4-6-10(9)13/h3-7H,1-2H3,(H,14,17). The Hall–Kier alpha value is -1.82. The Morgan fingerprint density at radius 2 is 2.11 bits per heavy atom. The topological polar surface area (TPSA) is 54.9 Å². The van der Waals surface area contributed by atoms with E-state index in [-0.39, 0.29) is 17.8 Å². The molecule has 1 amide bonds. The minimum atomic E-state index is -0.326. The largest absolute Gasteiger partial charge is 0.347 e. The molecule has 0 aliphatic rings. The first-order valence-electron chi connectivity index (χ1n) is 5.43. The Morgan fingerprint density at radius 3 is 2.78 bits per heavy atom. The van der Waals surface area contributed by atoms with Crippen LogP contribution in [0.3, 0.4) is 0 Å². The summed E-state index contributed by atoms with van der Waals surface area (Å²) in [5, 5.41) is 11.8. The third-order valence-electron chi connectivity index (χ3n) is 2.34. The molecule has 4 nitrogen and oxygen atoms in total. The second-order valence-electron chi connectivity index (χ2n) is 3.85. The number of halogens is 1. The van der Waals surface area contributed by atoms with Gasteiger partial charge in [-0.05, 0) is 19.1 Å². The van der Waals surface area contributed by atoms with Crippen molar-refractivity contribution in [1.29, 1.82) is 0 Å². The van der Waals surface area contributed by atoms with Crippen molar-refractivity contribution in [2.24, 2.45) is 0 Å². The monoisotopic (exact) mass is 265 g/mol. The number of nitrogens with one attached hydrogen (secondary N) is 1. The summed E-state index contributed by atoms with van der Waals surface area (Å²) < 4.78 is 13.6. The van der Waals surface area contributed by atoms with E-state index in [1.54, 1.807) is 18.2 Å². The molecule has 1 unspecified atom stereocenters. The summed E-state index contributed by atoms with van der Waals surface area (Å²) in [6.45, 7) is 3.25. The number of benzene rings is 1. The minimum absolute atomic E-state index is 0.134. The van der Waals surface area contributed by atoms with E-state index >= 15 is 0 Å². The predicted molar refractivity (Wildman–Crippen MR) is 67.5 cm³/mol. The third-order valence-corrected chi connectivity index (χ3v) is 3.47. The van der Waals surface area contributed by atoms with Gasteiger partial charge in [0.1, 0.15) is 10.8 Å². The molecule has 0 saturated heterocycles. The van der Waals surface area contributed by atoms with Crippen LogP contribution >= 0.6 is 11.3 Å². The molecule has 0 bridgehead atoms. The van der Waals surface area contributed by atoms with Crippen LogP contribution in [0.1, 0.15) is 24.9 Å². The molecule has 1 atom stereocenters. The normalized spacial score (nSPS) is 12.2. The third kappa shape index (κ3) is 2.70. The van der Waals surface area contributed by atoms with Gasteiger partial charge in [-0.1, -0.05) is 23.5 Å². The van der Waals surface area contributed by atoms with Gasteiger partial charge >= 0.3 is 0 Å². The molecule has 1 N–H and O–H groups in total. The van der Waals surface area contributed by atoms with E-state index in [1.807, 2.05) is 6.92 Å². The molecule has 1 aromatic heterocycles. The molecule has 94 valence electrons. The number of nitrogens with zero attached hydrogens (tertiary/aromatic N) is 2. The predicted octanol–water partition coefficient (Wildman–Crippen LogP) is 2.54. The lowest BCUT2D eigenvalue weighted by atomic mass is 10.2. The van der Waals surface area contributed by atoms with Gasteiger partial charge in [0.15, 0.2) is 5.01 Å². The quantitative estimate of drug-likeness (QED) is 0.927. The Bertz CT molecular complexity index is 570. The second-order valence-corrected chi connectivity index (χ2v) is 4.86. The van der Waals surface area contributed by atoms with Crippen LogP contribution in [0.4, 0.5) is 4.39 Å². The molecule has 18 heavy (non-hydrogen) atoms. The highest BCUT2D eigenvalue weighted by Gasteiger charge is 2.15. The van der Waals surface area contributed by atoms with Gasteiger partial charge in [0.05, 0.1) is 6.04 Å². The molecule has 0 aliphatic heterocycles. The maximum Gasteiger partial charge on any atom is 0.217 e. The number of amides is 1. The molecular weight excluding hydrogens is 253 g/mol. The van der Waals surface area contributed by atoms with E-state index in [0.29, 0.717) is 15.6 Å². The van der Waals surface area contributed by atoms with Gasteiger partial charge in [-0.25, -0.2) is 4.39 Å². The van der Waals surface area contributed by atoms with Gasteiger partial charge in [0.25, 0.3) is 0 Å². The van der Waals surface area contributed by atoms with Crippen molar-refractivity contribution in [2.75, 3.05) is 0 Å². The van der Waals surface area contributed by atoms with Crippen molar-refractivity contribution in [3.8, 4) is 10.6 Å². The maximum absolute atomic E-state index is 13.6. The van der Waals surface area contributed by atoms with Gasteiger partial charge in [0, 0.05) is 12.5 Å². The zero-order valence-electron chi connectivity index (χ0n) is 9.98. The summed E-state index contributed by atoms with van der Waals surface area (Å²) in [5.74, 6) is -0.461. The molecule has 1 heterocycles. The smallest absolute Gasteiger partial charge is 0.217 e. The highest BCUT2D eigenvalue weighted by Crippen LogP contribution is 2.28. The van der Waals surface area contributed by atoms with Crippen LogP contribution in [-0.2, 0) is 4.79 Å². The summed E-state index contributed by atoms with van der Waals surface area (Å²) >= 11 is 1.27. The van der Waals surface area contributed by atoms with Crippen LogP contribution in [0.5, 0.6) is 0 Å². The highest BCUT2D eigenvalue weighted by molar-refractivity contribution is 7.14. The van der Waals surface area contributed by atoms with Crippen LogP contribution in [0.2, 0.25) is 0 Å². The molecule has 2 aromatic rings. The SMILES string of the molecule is CC(=O)NC(C)c1nnc(-c2ccccc2F)s1. The van der Waals surface area contributed by atoms with Crippen molar-refractivity contribution in [3.63, 3.8) is 0 Å². The maximum atomic E-state index is 13.6. The fourth-order valence-corrected chi connectivity index (χ4v) is 2.39. The van der Waals surface area contributed by atoms with Crippen LogP contribution in [0.15, 0.2) is 24.3 Å². The first-order valence-corrected chi connectivity index (χ1v) is 6.25. The van der Waals surface area contributed by atoms with E-state index in [9.17, 15) is 9.18 Å². The first kappa shape index (κ1) is 12.6. The molecule has 2 rings (SSSR count). The summed E-state index contributed by atoms with van der Waals surface area (Å²) in [6.07, 6.45) is 0. The summed E-state index contributed by atoms with van der Waals surface area (Å²) in [4.78, 5) is 10.9. The zero-order valence-corrected chi connectivity index (χ0v) is 10.8. The molecule has 0 saturated carbocycles. The summed E-state index contributed by atoms with van der Waals surface area (Å²) in [7, 11) is 0. The summed E-state index contributed by atoms with van der Waals surface area (Å²) in [6, 6.07) is 6.19. The second kappa shape index (κ2) is 5.22. The van der Waals surface area contributed by atoms with Crippen molar-refractivity contribution in [3.05, 3.63) is 35.1 Å². The van der Waals surface area contributed by atoms with Gasteiger partial charge in [0.2, 0.25) is 5.91 Å². The average molecular weight is 265 g/mol. The number of carbonyl (C=O) groups is 1. The van der Waals surface area contributed by atoms with E-state index in [1.165, 1.54) is 24.3 Å².